The van der Waals surface area contributed by atoms with E-state index in [4.69, 9.17) is 0 Å². The van der Waals surface area contributed by atoms with Crippen molar-refractivity contribution in [1.82, 2.24) is 5.32 Å². The highest BCUT2D eigenvalue weighted by atomic mass is 14.9. The van der Waals surface area contributed by atoms with E-state index < -0.39 is 0 Å². The molecule has 0 aromatic carbocycles. The van der Waals surface area contributed by atoms with Crippen LogP contribution >= 0.6 is 0 Å². The quantitative estimate of drug-likeness (QED) is 0.774. The molecule has 0 aliphatic heterocycles. The molecule has 1 heteroatoms. The molecule has 0 spiro atoms. The lowest BCUT2D eigenvalue weighted by Crippen LogP contribution is -2.34. The number of hydrogen-bond acceptors (Lipinski definition) is 1. The Morgan fingerprint density at radius 2 is 1.72 bits per heavy atom. The molecule has 1 nitrogen and oxygen atoms in total. The van der Waals surface area contributed by atoms with E-state index >= 15 is 0 Å². The lowest BCUT2D eigenvalue weighted by molar-refractivity contribution is 0.291. The third-order valence-corrected chi connectivity index (χ3v) is 5.93. The highest BCUT2D eigenvalue weighted by Crippen LogP contribution is 2.70. The standard InChI is InChI=1S/C17H31N/c1-5-18-13(8-9-17(2,3)4)16-14-11-6-7-12(10-11)15(14)16/h11-16,18H,5-10H2,1-4H3. The van der Waals surface area contributed by atoms with Gasteiger partial charge >= 0.3 is 0 Å². The SMILES string of the molecule is CCNC(CCC(C)(C)C)C1C2C3CCC(C3)C21. The van der Waals surface area contributed by atoms with Gasteiger partial charge in [-0.2, -0.15) is 0 Å². The largest absolute Gasteiger partial charge is 0.314 e. The summed E-state index contributed by atoms with van der Waals surface area (Å²) in [7, 11) is 0. The molecule has 0 amide bonds. The Labute approximate surface area is 113 Å². The maximum atomic E-state index is 3.81. The first-order valence-electron chi connectivity index (χ1n) is 8.24. The molecular weight excluding hydrogens is 218 g/mol. The van der Waals surface area contributed by atoms with E-state index in [1.165, 1.54) is 12.8 Å². The van der Waals surface area contributed by atoms with E-state index in [9.17, 15) is 0 Å². The predicted molar refractivity (Wildman–Crippen MR) is 77.5 cm³/mol. The average molecular weight is 249 g/mol. The fourth-order valence-corrected chi connectivity index (χ4v) is 5.21. The minimum absolute atomic E-state index is 0.497. The van der Waals surface area contributed by atoms with Crippen molar-refractivity contribution in [1.29, 1.82) is 0 Å². The molecule has 5 atom stereocenters. The maximum Gasteiger partial charge on any atom is 0.0101 e. The van der Waals surface area contributed by atoms with Crippen LogP contribution in [0.2, 0.25) is 0 Å². The number of hydrogen-bond donors (Lipinski definition) is 1. The van der Waals surface area contributed by atoms with Gasteiger partial charge in [0.15, 0.2) is 0 Å². The van der Waals surface area contributed by atoms with Crippen LogP contribution in [-0.4, -0.2) is 12.6 Å². The highest BCUT2D eigenvalue weighted by Gasteiger charge is 2.66. The molecule has 1 N–H and O–H groups in total. The van der Waals surface area contributed by atoms with E-state index in [0.29, 0.717) is 5.41 Å². The summed E-state index contributed by atoms with van der Waals surface area (Å²) in [4.78, 5) is 0. The predicted octanol–water partition coefficient (Wildman–Crippen LogP) is 4.08. The summed E-state index contributed by atoms with van der Waals surface area (Å²) in [6.45, 7) is 10.6. The normalized spacial score (nSPS) is 43.0. The molecule has 3 fully saturated rings. The molecule has 18 heavy (non-hydrogen) atoms. The zero-order valence-corrected chi connectivity index (χ0v) is 12.7. The Morgan fingerprint density at radius 3 is 2.22 bits per heavy atom. The minimum atomic E-state index is 0.497. The maximum absolute atomic E-state index is 3.81. The second-order valence-corrected chi connectivity index (χ2v) is 8.33. The van der Waals surface area contributed by atoms with Gasteiger partial charge in [-0.15, -0.1) is 0 Å². The third-order valence-electron chi connectivity index (χ3n) is 5.93. The number of rotatable bonds is 5. The van der Waals surface area contributed by atoms with E-state index in [0.717, 1.165) is 42.2 Å². The fourth-order valence-electron chi connectivity index (χ4n) is 5.21. The zero-order chi connectivity index (χ0) is 12.9. The molecule has 0 aromatic rings. The summed E-state index contributed by atoms with van der Waals surface area (Å²) in [6.07, 6.45) is 7.47. The van der Waals surface area contributed by atoms with Crippen molar-refractivity contribution >= 4 is 0 Å². The van der Waals surface area contributed by atoms with Gasteiger partial charge in [-0.1, -0.05) is 27.7 Å². The molecule has 104 valence electrons. The summed E-state index contributed by atoms with van der Waals surface area (Å²) >= 11 is 0. The second kappa shape index (κ2) is 4.51. The van der Waals surface area contributed by atoms with Gasteiger partial charge < -0.3 is 5.32 Å². The molecule has 0 radical (unpaired) electrons. The van der Waals surface area contributed by atoms with Crippen LogP contribution in [0.1, 0.15) is 59.8 Å². The van der Waals surface area contributed by atoms with Crippen molar-refractivity contribution in [3.05, 3.63) is 0 Å². The lowest BCUT2D eigenvalue weighted by atomic mass is 9.86. The van der Waals surface area contributed by atoms with Gasteiger partial charge in [0.1, 0.15) is 0 Å². The van der Waals surface area contributed by atoms with E-state index in [1.54, 1.807) is 19.3 Å². The molecule has 2 bridgehead atoms. The summed E-state index contributed by atoms with van der Waals surface area (Å²) in [6, 6.07) is 0.827. The lowest BCUT2D eigenvalue weighted by Gasteiger charge is -2.25. The van der Waals surface area contributed by atoms with Crippen molar-refractivity contribution in [3.63, 3.8) is 0 Å². The summed E-state index contributed by atoms with van der Waals surface area (Å²) in [5.41, 5.74) is 0.497. The van der Waals surface area contributed by atoms with E-state index in [2.05, 4.69) is 33.0 Å². The molecule has 3 aliphatic carbocycles. The van der Waals surface area contributed by atoms with Crippen LogP contribution in [-0.2, 0) is 0 Å². The molecule has 0 saturated heterocycles. The van der Waals surface area contributed by atoms with Crippen LogP contribution in [0.5, 0.6) is 0 Å². The van der Waals surface area contributed by atoms with Crippen LogP contribution in [0.15, 0.2) is 0 Å². The number of nitrogens with one attached hydrogen (secondary N) is 1. The Kier molecular flexibility index (Phi) is 3.25. The van der Waals surface area contributed by atoms with Gasteiger partial charge in [0.25, 0.3) is 0 Å². The Hall–Kier alpha value is -0.0400. The first-order chi connectivity index (χ1) is 8.51. The summed E-state index contributed by atoms with van der Waals surface area (Å²) in [5, 5.41) is 3.81. The topological polar surface area (TPSA) is 12.0 Å². The minimum Gasteiger partial charge on any atom is -0.314 e. The first-order valence-corrected chi connectivity index (χ1v) is 8.24. The van der Waals surface area contributed by atoms with Crippen molar-refractivity contribution in [2.75, 3.05) is 6.54 Å². The monoisotopic (exact) mass is 249 g/mol. The van der Waals surface area contributed by atoms with Gasteiger partial charge in [-0.05, 0) is 73.7 Å². The van der Waals surface area contributed by atoms with Gasteiger partial charge in [-0.25, -0.2) is 0 Å². The van der Waals surface area contributed by atoms with Gasteiger partial charge in [0, 0.05) is 6.04 Å². The summed E-state index contributed by atoms with van der Waals surface area (Å²) in [5.74, 6) is 5.57. The smallest absolute Gasteiger partial charge is 0.0101 e. The van der Waals surface area contributed by atoms with Crippen molar-refractivity contribution in [2.24, 2.45) is 35.0 Å². The van der Waals surface area contributed by atoms with Crippen molar-refractivity contribution in [3.8, 4) is 0 Å². The van der Waals surface area contributed by atoms with E-state index in [1.807, 2.05) is 0 Å². The second-order valence-electron chi connectivity index (χ2n) is 8.33. The van der Waals surface area contributed by atoms with Crippen LogP contribution < -0.4 is 5.32 Å². The Balaban J connectivity index is 1.58. The number of fused-ring (bicyclic) bond motifs is 5. The molecule has 5 unspecified atom stereocenters. The Bertz CT molecular complexity index is 287. The van der Waals surface area contributed by atoms with Crippen LogP contribution in [0.25, 0.3) is 0 Å². The fraction of sp³-hybridized carbons (Fsp3) is 1.00. The molecule has 3 rings (SSSR count). The molecular formula is C17H31N. The van der Waals surface area contributed by atoms with Crippen molar-refractivity contribution in [2.45, 2.75) is 65.8 Å². The van der Waals surface area contributed by atoms with Gasteiger partial charge in [0.2, 0.25) is 0 Å². The molecule has 0 heterocycles. The highest BCUT2D eigenvalue weighted by molar-refractivity contribution is 5.15. The zero-order valence-electron chi connectivity index (χ0n) is 12.7. The molecule has 3 saturated carbocycles. The van der Waals surface area contributed by atoms with Crippen molar-refractivity contribution < 1.29 is 0 Å². The van der Waals surface area contributed by atoms with Gasteiger partial charge in [-0.3, -0.25) is 0 Å². The Morgan fingerprint density at radius 1 is 1.11 bits per heavy atom. The van der Waals surface area contributed by atoms with Crippen LogP contribution in [0, 0.1) is 35.0 Å². The third kappa shape index (κ3) is 2.24. The molecule has 3 aliphatic rings. The molecule has 0 aromatic heterocycles. The summed E-state index contributed by atoms with van der Waals surface area (Å²) < 4.78 is 0. The van der Waals surface area contributed by atoms with Crippen LogP contribution in [0.3, 0.4) is 0 Å². The van der Waals surface area contributed by atoms with Gasteiger partial charge in [0.05, 0.1) is 0 Å². The van der Waals surface area contributed by atoms with E-state index in [-0.39, 0.29) is 0 Å². The van der Waals surface area contributed by atoms with Crippen LogP contribution in [0.4, 0.5) is 0 Å². The average Bonchev–Trinajstić information content (AvgIpc) is 2.72. The first kappa shape index (κ1) is 13.0.